The van der Waals surface area contributed by atoms with Crippen molar-refractivity contribution in [2.45, 2.75) is 46.1 Å². The molecule has 1 rings (SSSR count). The van der Waals surface area contributed by atoms with Crippen molar-refractivity contribution in [1.82, 2.24) is 15.5 Å². The van der Waals surface area contributed by atoms with Crippen molar-refractivity contribution in [3.63, 3.8) is 0 Å². The van der Waals surface area contributed by atoms with Crippen LogP contribution in [0.4, 0.5) is 0 Å². The largest absolute Gasteiger partial charge is 0.339 e. The molecular weight excluding hydrogens is 178 g/mol. The van der Waals surface area contributed by atoms with Crippen LogP contribution in [0.3, 0.4) is 0 Å². The second kappa shape index (κ2) is 5.75. The Kier molecular flexibility index (Phi) is 4.59. The molecule has 0 aliphatic carbocycles. The number of rotatable bonds is 6. The molecule has 0 bridgehead atoms. The first-order valence-corrected chi connectivity index (χ1v) is 5.27. The maximum atomic E-state index is 5.07. The number of hydrogen-bond acceptors (Lipinski definition) is 4. The van der Waals surface area contributed by atoms with E-state index in [4.69, 9.17) is 4.52 Å². The number of nitrogens with one attached hydrogen (secondary N) is 1. The molecule has 1 N–H and O–H groups in total. The Balaban J connectivity index is 2.18. The van der Waals surface area contributed by atoms with Crippen molar-refractivity contribution in [3.8, 4) is 0 Å². The fraction of sp³-hybridized carbons (Fsp3) is 0.800. The van der Waals surface area contributed by atoms with Gasteiger partial charge in [0.05, 0.1) is 0 Å². The third kappa shape index (κ3) is 3.87. The molecule has 80 valence electrons. The van der Waals surface area contributed by atoms with Crippen LogP contribution in [0, 0.1) is 0 Å². The van der Waals surface area contributed by atoms with Gasteiger partial charge in [0.2, 0.25) is 5.89 Å². The summed E-state index contributed by atoms with van der Waals surface area (Å²) in [5.41, 5.74) is 0. The molecule has 0 unspecified atom stereocenters. The van der Waals surface area contributed by atoms with E-state index in [1.54, 1.807) is 0 Å². The molecule has 0 aliphatic rings. The Bertz CT molecular complexity index is 258. The zero-order valence-electron chi connectivity index (χ0n) is 9.21. The van der Waals surface area contributed by atoms with E-state index in [0.717, 1.165) is 37.5 Å². The second-order valence-corrected chi connectivity index (χ2v) is 3.67. The summed E-state index contributed by atoms with van der Waals surface area (Å²) in [6.07, 6.45) is 2.75. The predicted octanol–water partition coefficient (Wildman–Crippen LogP) is 1.56. The minimum atomic E-state index is 0.545. The molecule has 0 aromatic carbocycles. The molecule has 0 radical (unpaired) electrons. The summed E-state index contributed by atoms with van der Waals surface area (Å²) < 4.78 is 5.07. The molecule has 4 nitrogen and oxygen atoms in total. The Morgan fingerprint density at radius 3 is 2.79 bits per heavy atom. The third-order valence-corrected chi connectivity index (χ3v) is 1.95. The Morgan fingerprint density at radius 2 is 2.21 bits per heavy atom. The summed E-state index contributed by atoms with van der Waals surface area (Å²) in [5, 5.41) is 7.19. The summed E-state index contributed by atoms with van der Waals surface area (Å²) in [5.74, 6) is 1.56. The zero-order chi connectivity index (χ0) is 10.4. The summed E-state index contributed by atoms with van der Waals surface area (Å²) in [4.78, 5) is 4.24. The topological polar surface area (TPSA) is 51.0 Å². The summed E-state index contributed by atoms with van der Waals surface area (Å²) in [6, 6.07) is 0.545. The smallest absolute Gasteiger partial charge is 0.226 e. The maximum absolute atomic E-state index is 5.07. The number of aromatic nitrogens is 2. The lowest BCUT2D eigenvalue weighted by atomic mass is 10.3. The summed E-state index contributed by atoms with van der Waals surface area (Å²) in [7, 11) is 0. The number of aryl methyl sites for hydroxylation is 2. The van der Waals surface area contributed by atoms with Crippen LogP contribution >= 0.6 is 0 Å². The van der Waals surface area contributed by atoms with Gasteiger partial charge in [-0.05, 0) is 13.0 Å². The Labute approximate surface area is 85.1 Å². The zero-order valence-corrected chi connectivity index (χ0v) is 9.21. The van der Waals surface area contributed by atoms with Crippen LogP contribution in [0.2, 0.25) is 0 Å². The highest BCUT2D eigenvalue weighted by atomic mass is 16.5. The van der Waals surface area contributed by atoms with Crippen molar-refractivity contribution in [3.05, 3.63) is 11.7 Å². The molecule has 0 saturated heterocycles. The molecule has 0 spiro atoms. The lowest BCUT2D eigenvalue weighted by Gasteiger charge is -2.05. The summed E-state index contributed by atoms with van der Waals surface area (Å²) >= 11 is 0. The fourth-order valence-electron chi connectivity index (χ4n) is 1.17. The monoisotopic (exact) mass is 197 g/mol. The average molecular weight is 197 g/mol. The minimum Gasteiger partial charge on any atom is -0.339 e. The van der Waals surface area contributed by atoms with Gasteiger partial charge in [-0.1, -0.05) is 25.9 Å². The van der Waals surface area contributed by atoms with Gasteiger partial charge in [-0.25, -0.2) is 0 Å². The Morgan fingerprint density at radius 1 is 1.43 bits per heavy atom. The SMILES string of the molecule is CCc1noc(CCCNC(C)C)n1. The van der Waals surface area contributed by atoms with Gasteiger partial charge in [0.25, 0.3) is 0 Å². The molecule has 0 amide bonds. The van der Waals surface area contributed by atoms with Gasteiger partial charge in [-0.2, -0.15) is 4.98 Å². The van der Waals surface area contributed by atoms with Crippen LogP contribution in [0.1, 0.15) is 38.9 Å². The highest BCUT2D eigenvalue weighted by molar-refractivity contribution is 4.85. The lowest BCUT2D eigenvalue weighted by Crippen LogP contribution is -2.23. The molecule has 1 aromatic heterocycles. The van der Waals surface area contributed by atoms with Gasteiger partial charge >= 0.3 is 0 Å². The first-order chi connectivity index (χ1) is 6.72. The quantitative estimate of drug-likeness (QED) is 0.703. The van der Waals surface area contributed by atoms with E-state index in [-0.39, 0.29) is 0 Å². The fourth-order valence-corrected chi connectivity index (χ4v) is 1.17. The van der Waals surface area contributed by atoms with Gasteiger partial charge < -0.3 is 9.84 Å². The summed E-state index contributed by atoms with van der Waals surface area (Å²) in [6.45, 7) is 7.31. The van der Waals surface area contributed by atoms with E-state index in [1.165, 1.54) is 0 Å². The van der Waals surface area contributed by atoms with E-state index in [0.29, 0.717) is 6.04 Å². The van der Waals surface area contributed by atoms with Crippen LogP contribution in [-0.4, -0.2) is 22.7 Å². The highest BCUT2D eigenvalue weighted by Gasteiger charge is 2.03. The van der Waals surface area contributed by atoms with Gasteiger partial charge in [0.15, 0.2) is 5.82 Å². The second-order valence-electron chi connectivity index (χ2n) is 3.67. The average Bonchev–Trinajstić information content (AvgIpc) is 2.60. The van der Waals surface area contributed by atoms with Crippen LogP contribution in [-0.2, 0) is 12.8 Å². The minimum absolute atomic E-state index is 0.545. The molecule has 0 fully saturated rings. The number of nitrogens with zero attached hydrogens (tertiary/aromatic N) is 2. The van der Waals surface area contributed by atoms with Crippen molar-refractivity contribution in [2.24, 2.45) is 0 Å². The van der Waals surface area contributed by atoms with Crippen molar-refractivity contribution in [1.29, 1.82) is 0 Å². The lowest BCUT2D eigenvalue weighted by molar-refractivity contribution is 0.369. The van der Waals surface area contributed by atoms with E-state index in [1.807, 2.05) is 6.92 Å². The first kappa shape index (κ1) is 11.2. The van der Waals surface area contributed by atoms with E-state index in [9.17, 15) is 0 Å². The normalized spacial score (nSPS) is 11.1. The molecule has 1 heterocycles. The van der Waals surface area contributed by atoms with E-state index >= 15 is 0 Å². The standard InChI is InChI=1S/C10H19N3O/c1-4-9-12-10(14-13-9)6-5-7-11-8(2)3/h8,11H,4-7H2,1-3H3. The molecule has 0 saturated carbocycles. The van der Waals surface area contributed by atoms with Gasteiger partial charge in [-0.3, -0.25) is 0 Å². The van der Waals surface area contributed by atoms with Gasteiger partial charge in [0, 0.05) is 18.9 Å². The van der Waals surface area contributed by atoms with Gasteiger partial charge in [-0.15, -0.1) is 0 Å². The molecule has 0 aliphatic heterocycles. The van der Waals surface area contributed by atoms with Crippen LogP contribution in [0.5, 0.6) is 0 Å². The van der Waals surface area contributed by atoms with Crippen molar-refractivity contribution >= 4 is 0 Å². The number of hydrogen-bond donors (Lipinski definition) is 1. The molecular formula is C10H19N3O. The van der Waals surface area contributed by atoms with Crippen molar-refractivity contribution < 1.29 is 4.52 Å². The third-order valence-electron chi connectivity index (χ3n) is 1.95. The van der Waals surface area contributed by atoms with E-state index in [2.05, 4.69) is 29.3 Å². The molecule has 14 heavy (non-hydrogen) atoms. The van der Waals surface area contributed by atoms with Gasteiger partial charge in [0.1, 0.15) is 0 Å². The molecule has 4 heteroatoms. The molecule has 1 aromatic rings. The maximum Gasteiger partial charge on any atom is 0.226 e. The van der Waals surface area contributed by atoms with Crippen molar-refractivity contribution in [2.75, 3.05) is 6.54 Å². The Hall–Kier alpha value is -0.900. The molecule has 0 atom stereocenters. The predicted molar refractivity (Wildman–Crippen MR) is 55.1 cm³/mol. The highest BCUT2D eigenvalue weighted by Crippen LogP contribution is 2.00. The first-order valence-electron chi connectivity index (χ1n) is 5.27. The van der Waals surface area contributed by atoms with E-state index < -0.39 is 0 Å². The van der Waals surface area contributed by atoms with Crippen LogP contribution in [0.15, 0.2) is 4.52 Å². The van der Waals surface area contributed by atoms with Crippen LogP contribution < -0.4 is 5.32 Å². The van der Waals surface area contributed by atoms with Crippen LogP contribution in [0.25, 0.3) is 0 Å².